The van der Waals surface area contributed by atoms with Crippen LogP contribution in [0.15, 0.2) is 48.7 Å². The van der Waals surface area contributed by atoms with Crippen molar-refractivity contribution in [1.82, 2.24) is 21.0 Å². The van der Waals surface area contributed by atoms with E-state index in [1.165, 1.54) is 0 Å². The molecule has 2 amide bonds. The fourth-order valence-electron chi connectivity index (χ4n) is 2.57. The number of para-hydroxylation sites is 3. The molecule has 1 aliphatic rings. The van der Waals surface area contributed by atoms with Gasteiger partial charge in [0.25, 0.3) is 11.8 Å². The first-order valence-corrected chi connectivity index (χ1v) is 7.63. The van der Waals surface area contributed by atoms with Gasteiger partial charge in [0.1, 0.15) is 6.61 Å². The number of aromatic amines is 1. The number of fused-ring (bicyclic) bond motifs is 2. The quantitative estimate of drug-likeness (QED) is 0.608. The van der Waals surface area contributed by atoms with Crippen molar-refractivity contribution >= 4 is 22.7 Å². The Morgan fingerprint density at radius 3 is 2.80 bits per heavy atom. The van der Waals surface area contributed by atoms with Gasteiger partial charge in [0.2, 0.25) is 6.10 Å². The molecule has 0 fully saturated rings. The molecule has 0 aliphatic carbocycles. The van der Waals surface area contributed by atoms with Crippen molar-refractivity contribution in [1.29, 1.82) is 0 Å². The van der Waals surface area contributed by atoms with Gasteiger partial charge in [-0.25, -0.2) is 0 Å². The van der Waals surface area contributed by atoms with Crippen LogP contribution in [0.3, 0.4) is 0 Å². The highest BCUT2D eigenvalue weighted by molar-refractivity contribution is 6.05. The molecule has 0 unspecified atom stereocenters. The summed E-state index contributed by atoms with van der Waals surface area (Å²) in [6.45, 7) is 0.0643. The SMILES string of the molecule is O=C(NNC(=O)[C@H]1COc2ccccc2O1)c1cccc2cn[nH]c12. The number of hydrogen-bond acceptors (Lipinski definition) is 5. The van der Waals surface area contributed by atoms with Crippen LogP contribution in [0.4, 0.5) is 0 Å². The topological polar surface area (TPSA) is 105 Å². The third-order valence-electron chi connectivity index (χ3n) is 3.82. The van der Waals surface area contributed by atoms with Crippen LogP contribution in [0.25, 0.3) is 10.9 Å². The Hall–Kier alpha value is -3.55. The average Bonchev–Trinajstić information content (AvgIpc) is 3.14. The van der Waals surface area contributed by atoms with Crippen molar-refractivity contribution in [2.45, 2.75) is 6.10 Å². The molecule has 0 bridgehead atoms. The molecule has 1 aliphatic heterocycles. The number of ether oxygens (including phenoxy) is 2. The van der Waals surface area contributed by atoms with E-state index >= 15 is 0 Å². The van der Waals surface area contributed by atoms with Gasteiger partial charge in [-0.15, -0.1) is 0 Å². The zero-order chi connectivity index (χ0) is 17.2. The minimum absolute atomic E-state index is 0.0643. The second-order valence-electron chi connectivity index (χ2n) is 5.45. The maximum Gasteiger partial charge on any atom is 0.283 e. The Bertz CT molecular complexity index is 952. The summed E-state index contributed by atoms with van der Waals surface area (Å²) in [7, 11) is 0. The lowest BCUT2D eigenvalue weighted by Crippen LogP contribution is -2.50. The first-order chi connectivity index (χ1) is 12.2. The van der Waals surface area contributed by atoms with Crippen LogP contribution in [-0.4, -0.2) is 34.7 Å². The van der Waals surface area contributed by atoms with E-state index in [0.29, 0.717) is 22.6 Å². The number of carbonyl (C=O) groups is 2. The molecule has 4 rings (SSSR count). The number of benzene rings is 2. The van der Waals surface area contributed by atoms with Crippen LogP contribution in [0.2, 0.25) is 0 Å². The first kappa shape index (κ1) is 15.0. The third kappa shape index (κ3) is 2.85. The van der Waals surface area contributed by atoms with Crippen molar-refractivity contribution in [3.63, 3.8) is 0 Å². The number of hydrogen-bond donors (Lipinski definition) is 3. The van der Waals surface area contributed by atoms with E-state index in [-0.39, 0.29) is 6.61 Å². The predicted molar refractivity (Wildman–Crippen MR) is 88.1 cm³/mol. The van der Waals surface area contributed by atoms with E-state index in [1.54, 1.807) is 36.5 Å². The number of carbonyl (C=O) groups excluding carboxylic acids is 2. The zero-order valence-corrected chi connectivity index (χ0v) is 13.0. The molecule has 0 radical (unpaired) electrons. The van der Waals surface area contributed by atoms with Gasteiger partial charge in [-0.05, 0) is 18.2 Å². The van der Waals surface area contributed by atoms with Crippen molar-refractivity contribution in [3.8, 4) is 11.5 Å². The van der Waals surface area contributed by atoms with Crippen LogP contribution < -0.4 is 20.3 Å². The number of nitrogens with one attached hydrogen (secondary N) is 3. The van der Waals surface area contributed by atoms with Crippen LogP contribution in [0.1, 0.15) is 10.4 Å². The number of nitrogens with zero attached hydrogens (tertiary/aromatic N) is 1. The number of amides is 2. The van der Waals surface area contributed by atoms with Crippen LogP contribution in [-0.2, 0) is 4.79 Å². The van der Waals surface area contributed by atoms with Gasteiger partial charge < -0.3 is 9.47 Å². The van der Waals surface area contributed by atoms with Gasteiger partial charge in [-0.1, -0.05) is 24.3 Å². The summed E-state index contributed by atoms with van der Waals surface area (Å²) in [6, 6.07) is 12.3. The van der Waals surface area contributed by atoms with E-state index in [9.17, 15) is 9.59 Å². The molecular weight excluding hydrogens is 324 g/mol. The average molecular weight is 338 g/mol. The number of aromatic nitrogens is 2. The summed E-state index contributed by atoms with van der Waals surface area (Å²) in [5, 5.41) is 7.47. The molecule has 126 valence electrons. The first-order valence-electron chi connectivity index (χ1n) is 7.63. The Labute approximate surface area is 142 Å². The number of rotatable bonds is 2. The molecule has 2 aromatic carbocycles. The Balaban J connectivity index is 1.41. The summed E-state index contributed by atoms with van der Waals surface area (Å²) in [5.41, 5.74) is 5.71. The smallest absolute Gasteiger partial charge is 0.283 e. The lowest BCUT2D eigenvalue weighted by molar-refractivity contribution is -0.131. The summed E-state index contributed by atoms with van der Waals surface area (Å²) in [4.78, 5) is 24.5. The molecule has 1 aromatic heterocycles. The molecule has 25 heavy (non-hydrogen) atoms. The van der Waals surface area contributed by atoms with Gasteiger partial charge in [0, 0.05) is 5.39 Å². The van der Waals surface area contributed by atoms with Crippen LogP contribution in [0, 0.1) is 0 Å². The number of H-pyrrole nitrogens is 1. The summed E-state index contributed by atoms with van der Waals surface area (Å²) < 4.78 is 11.1. The Morgan fingerprint density at radius 2 is 1.92 bits per heavy atom. The maximum atomic E-state index is 12.3. The van der Waals surface area contributed by atoms with E-state index in [0.717, 1.165) is 5.39 Å². The van der Waals surface area contributed by atoms with Gasteiger partial charge in [0.15, 0.2) is 11.5 Å². The molecule has 0 saturated heterocycles. The minimum Gasteiger partial charge on any atom is -0.485 e. The molecular formula is C17H14N4O4. The molecule has 0 saturated carbocycles. The molecule has 8 heteroatoms. The summed E-state index contributed by atoms with van der Waals surface area (Å²) in [5.74, 6) is 0.115. The Kier molecular flexibility index (Phi) is 3.70. The minimum atomic E-state index is -0.849. The van der Waals surface area contributed by atoms with E-state index in [1.807, 2.05) is 12.1 Å². The van der Waals surface area contributed by atoms with Crippen LogP contribution >= 0.6 is 0 Å². The monoisotopic (exact) mass is 338 g/mol. The molecule has 0 spiro atoms. The van der Waals surface area contributed by atoms with Crippen LogP contribution in [0.5, 0.6) is 11.5 Å². The van der Waals surface area contributed by atoms with Gasteiger partial charge in [0.05, 0.1) is 17.3 Å². The second kappa shape index (κ2) is 6.16. The molecule has 2 heterocycles. The zero-order valence-electron chi connectivity index (χ0n) is 13.0. The van der Waals surface area contributed by atoms with Crippen molar-refractivity contribution in [3.05, 3.63) is 54.2 Å². The highest BCUT2D eigenvalue weighted by Crippen LogP contribution is 2.30. The van der Waals surface area contributed by atoms with E-state index in [4.69, 9.17) is 9.47 Å². The standard InChI is InChI=1S/C17H14N4O4/c22-16(11-5-3-4-10-8-18-19-15(10)11)20-21-17(23)14-9-24-12-6-1-2-7-13(12)25-14/h1-8,14H,9H2,(H,18,19)(H,20,22)(H,21,23)/t14-/m1/s1. The number of hydrazine groups is 1. The highest BCUT2D eigenvalue weighted by atomic mass is 16.6. The molecule has 8 nitrogen and oxygen atoms in total. The summed E-state index contributed by atoms with van der Waals surface area (Å²) in [6.07, 6.45) is 0.771. The van der Waals surface area contributed by atoms with Gasteiger partial charge in [-0.2, -0.15) is 5.10 Å². The summed E-state index contributed by atoms with van der Waals surface area (Å²) >= 11 is 0. The lowest BCUT2D eigenvalue weighted by atomic mass is 10.1. The fraction of sp³-hybridized carbons (Fsp3) is 0.118. The normalized spacial score (nSPS) is 15.6. The van der Waals surface area contributed by atoms with Crippen molar-refractivity contribution in [2.24, 2.45) is 0 Å². The van der Waals surface area contributed by atoms with Crippen molar-refractivity contribution < 1.29 is 19.1 Å². The molecule has 3 aromatic rings. The molecule has 3 N–H and O–H groups in total. The van der Waals surface area contributed by atoms with Gasteiger partial charge >= 0.3 is 0 Å². The largest absolute Gasteiger partial charge is 0.485 e. The lowest BCUT2D eigenvalue weighted by Gasteiger charge is -2.25. The second-order valence-corrected chi connectivity index (χ2v) is 5.45. The predicted octanol–water partition coefficient (Wildman–Crippen LogP) is 1.16. The third-order valence-corrected chi connectivity index (χ3v) is 3.82. The van der Waals surface area contributed by atoms with Gasteiger partial charge in [-0.3, -0.25) is 25.5 Å². The van der Waals surface area contributed by atoms with Crippen molar-refractivity contribution in [2.75, 3.05) is 6.61 Å². The highest BCUT2D eigenvalue weighted by Gasteiger charge is 2.27. The van der Waals surface area contributed by atoms with E-state index < -0.39 is 17.9 Å². The Morgan fingerprint density at radius 1 is 1.08 bits per heavy atom. The maximum absolute atomic E-state index is 12.3. The van der Waals surface area contributed by atoms with E-state index in [2.05, 4.69) is 21.0 Å². The fourth-order valence-corrected chi connectivity index (χ4v) is 2.57. The molecule has 1 atom stereocenters.